The first kappa shape index (κ1) is 19.6. The van der Waals surface area contributed by atoms with Crippen LogP contribution in [0.15, 0.2) is 54.6 Å². The van der Waals surface area contributed by atoms with Crippen LogP contribution in [0.2, 0.25) is 0 Å². The molecule has 1 heterocycles. The van der Waals surface area contributed by atoms with E-state index in [-0.39, 0.29) is 0 Å². The van der Waals surface area contributed by atoms with Crippen molar-refractivity contribution in [2.75, 3.05) is 36.8 Å². The molecule has 1 aliphatic rings. The minimum absolute atomic E-state index is 0.300. The number of benzene rings is 2. The van der Waals surface area contributed by atoms with E-state index < -0.39 is 17.7 Å². The van der Waals surface area contributed by atoms with Crippen LogP contribution in [0.1, 0.15) is 12.5 Å². The molecule has 0 saturated carbocycles. The molecule has 28 heavy (non-hydrogen) atoms. The Balaban J connectivity index is 1.63. The molecule has 3 rings (SSSR count). The van der Waals surface area contributed by atoms with Crippen molar-refractivity contribution in [3.05, 3.63) is 60.2 Å². The van der Waals surface area contributed by atoms with E-state index in [2.05, 4.69) is 17.0 Å². The zero-order chi connectivity index (χ0) is 20.1. The third-order valence-electron chi connectivity index (χ3n) is 4.74. The fourth-order valence-electron chi connectivity index (χ4n) is 3.29. The molecule has 2 aromatic rings. The third kappa shape index (κ3) is 4.55. The number of carbonyl (C=O) groups excluding carboxylic acids is 3. The molecule has 2 aromatic carbocycles. The lowest BCUT2D eigenvalue weighted by Crippen LogP contribution is -2.53. The molecule has 3 amide bonds. The molecule has 0 spiro atoms. The maximum Gasteiger partial charge on any atom is 0.323 e. The Hall–Kier alpha value is -3.19. The number of amides is 3. The van der Waals surface area contributed by atoms with Gasteiger partial charge in [0.25, 0.3) is 0 Å². The normalized spacial score (nSPS) is 14.5. The summed E-state index contributed by atoms with van der Waals surface area (Å²) in [4.78, 5) is 42.1. The number of rotatable bonds is 3. The second-order valence-corrected chi connectivity index (χ2v) is 6.81. The molecule has 146 valence electrons. The zero-order valence-corrected chi connectivity index (χ0v) is 15.9. The largest absolute Gasteiger partial charge is 0.399 e. The van der Waals surface area contributed by atoms with Crippen molar-refractivity contribution in [2.45, 2.75) is 13.5 Å². The predicted molar refractivity (Wildman–Crippen MR) is 107 cm³/mol. The van der Waals surface area contributed by atoms with Gasteiger partial charge in [0, 0.05) is 45.3 Å². The Labute approximate surface area is 164 Å². The summed E-state index contributed by atoms with van der Waals surface area (Å²) in [7, 11) is 0. The molecule has 1 aliphatic heterocycles. The average Bonchev–Trinajstić information content (AvgIpc) is 2.69. The standard InChI is InChI=1S/C21H24N4O3/c1-16(26)25(19-9-5-8-18(22)14-19)21(28)20(27)24-12-10-23(11-13-24)15-17-6-3-2-4-7-17/h2-9,14H,10-13,15,22H2,1H3. The topological polar surface area (TPSA) is 87.0 Å². The van der Waals surface area contributed by atoms with Gasteiger partial charge in [0.05, 0.1) is 5.69 Å². The number of anilines is 2. The van der Waals surface area contributed by atoms with Gasteiger partial charge in [-0.05, 0) is 23.8 Å². The number of nitrogens with zero attached hydrogens (tertiary/aromatic N) is 3. The molecule has 0 bridgehead atoms. The van der Waals surface area contributed by atoms with Gasteiger partial charge in [0.15, 0.2) is 0 Å². The highest BCUT2D eigenvalue weighted by atomic mass is 16.2. The first-order valence-corrected chi connectivity index (χ1v) is 9.21. The van der Waals surface area contributed by atoms with Crippen LogP contribution in [0.4, 0.5) is 11.4 Å². The van der Waals surface area contributed by atoms with Gasteiger partial charge in [-0.3, -0.25) is 19.3 Å². The summed E-state index contributed by atoms with van der Waals surface area (Å²) in [6.45, 7) is 4.30. The van der Waals surface area contributed by atoms with E-state index >= 15 is 0 Å². The third-order valence-corrected chi connectivity index (χ3v) is 4.74. The fraction of sp³-hybridized carbons (Fsp3) is 0.286. The molecule has 7 heteroatoms. The van der Waals surface area contributed by atoms with Gasteiger partial charge in [-0.2, -0.15) is 0 Å². The summed E-state index contributed by atoms with van der Waals surface area (Å²) < 4.78 is 0. The first-order chi connectivity index (χ1) is 13.5. The van der Waals surface area contributed by atoms with Crippen molar-refractivity contribution in [2.24, 2.45) is 0 Å². The van der Waals surface area contributed by atoms with Crippen molar-refractivity contribution in [3.8, 4) is 0 Å². The van der Waals surface area contributed by atoms with E-state index in [0.29, 0.717) is 37.6 Å². The van der Waals surface area contributed by atoms with Gasteiger partial charge in [-0.25, -0.2) is 4.90 Å². The molecule has 0 aromatic heterocycles. The molecule has 0 aliphatic carbocycles. The van der Waals surface area contributed by atoms with Gasteiger partial charge >= 0.3 is 11.8 Å². The number of hydrogen-bond acceptors (Lipinski definition) is 5. The molecule has 0 radical (unpaired) electrons. The predicted octanol–water partition coefficient (Wildman–Crippen LogP) is 1.49. The van der Waals surface area contributed by atoms with Crippen LogP contribution in [0, 0.1) is 0 Å². The zero-order valence-electron chi connectivity index (χ0n) is 15.9. The number of piperazine rings is 1. The average molecular weight is 380 g/mol. The van der Waals surface area contributed by atoms with E-state index in [0.717, 1.165) is 11.4 Å². The highest BCUT2D eigenvalue weighted by Crippen LogP contribution is 2.19. The molecule has 0 atom stereocenters. The molecule has 2 N–H and O–H groups in total. The minimum Gasteiger partial charge on any atom is -0.399 e. The second kappa shape index (κ2) is 8.67. The molecule has 1 saturated heterocycles. The molecule has 1 fully saturated rings. The summed E-state index contributed by atoms with van der Waals surface area (Å²) in [6, 6.07) is 16.5. The van der Waals surface area contributed by atoms with Gasteiger partial charge in [-0.1, -0.05) is 36.4 Å². The lowest BCUT2D eigenvalue weighted by atomic mass is 10.2. The Morgan fingerprint density at radius 3 is 2.25 bits per heavy atom. The summed E-state index contributed by atoms with van der Waals surface area (Å²) in [5.41, 5.74) is 7.67. The monoisotopic (exact) mass is 380 g/mol. The van der Waals surface area contributed by atoms with Gasteiger partial charge in [0.2, 0.25) is 5.91 Å². The SMILES string of the molecule is CC(=O)N(C(=O)C(=O)N1CCN(Cc2ccccc2)CC1)c1cccc(N)c1. The van der Waals surface area contributed by atoms with Crippen molar-refractivity contribution in [3.63, 3.8) is 0 Å². The second-order valence-electron chi connectivity index (χ2n) is 6.81. The summed E-state index contributed by atoms with van der Waals surface area (Å²) in [5, 5.41) is 0. The van der Waals surface area contributed by atoms with Crippen LogP contribution in [-0.2, 0) is 20.9 Å². The summed E-state index contributed by atoms with van der Waals surface area (Å²) >= 11 is 0. The van der Waals surface area contributed by atoms with E-state index in [1.165, 1.54) is 23.5 Å². The van der Waals surface area contributed by atoms with Crippen LogP contribution in [0.5, 0.6) is 0 Å². The van der Waals surface area contributed by atoms with Gasteiger partial charge in [-0.15, -0.1) is 0 Å². The van der Waals surface area contributed by atoms with Crippen LogP contribution >= 0.6 is 0 Å². The van der Waals surface area contributed by atoms with Crippen LogP contribution in [0.3, 0.4) is 0 Å². The Morgan fingerprint density at radius 2 is 1.64 bits per heavy atom. The molecule has 0 unspecified atom stereocenters. The Kier molecular flexibility index (Phi) is 6.06. The van der Waals surface area contributed by atoms with E-state index in [1.54, 1.807) is 18.2 Å². The van der Waals surface area contributed by atoms with Crippen molar-refractivity contribution in [1.29, 1.82) is 0 Å². The van der Waals surface area contributed by atoms with Gasteiger partial charge in [0.1, 0.15) is 0 Å². The lowest BCUT2D eigenvalue weighted by molar-refractivity contribution is -0.146. The van der Waals surface area contributed by atoms with Crippen LogP contribution in [-0.4, -0.2) is 53.7 Å². The van der Waals surface area contributed by atoms with Crippen molar-refractivity contribution < 1.29 is 14.4 Å². The Morgan fingerprint density at radius 1 is 0.964 bits per heavy atom. The number of nitrogens with two attached hydrogens (primary N) is 1. The summed E-state index contributed by atoms with van der Waals surface area (Å²) in [5.74, 6) is -2.04. The smallest absolute Gasteiger partial charge is 0.323 e. The number of nitrogen functional groups attached to an aromatic ring is 1. The number of carbonyl (C=O) groups is 3. The Bertz CT molecular complexity index is 861. The van der Waals surface area contributed by atoms with Crippen molar-refractivity contribution >= 4 is 29.1 Å². The quantitative estimate of drug-likeness (QED) is 0.644. The van der Waals surface area contributed by atoms with E-state index in [9.17, 15) is 14.4 Å². The van der Waals surface area contributed by atoms with Crippen molar-refractivity contribution in [1.82, 2.24) is 9.80 Å². The number of imide groups is 1. The van der Waals surface area contributed by atoms with Gasteiger partial charge < -0.3 is 10.6 Å². The maximum absolute atomic E-state index is 12.7. The van der Waals surface area contributed by atoms with E-state index in [4.69, 9.17) is 5.73 Å². The molecular formula is C21H24N4O3. The first-order valence-electron chi connectivity index (χ1n) is 9.21. The number of hydrogen-bond donors (Lipinski definition) is 1. The maximum atomic E-state index is 12.7. The highest BCUT2D eigenvalue weighted by molar-refractivity contribution is 6.45. The van der Waals surface area contributed by atoms with Crippen LogP contribution in [0.25, 0.3) is 0 Å². The fourth-order valence-corrected chi connectivity index (χ4v) is 3.29. The van der Waals surface area contributed by atoms with Crippen LogP contribution < -0.4 is 10.6 Å². The van der Waals surface area contributed by atoms with E-state index in [1.807, 2.05) is 18.2 Å². The minimum atomic E-state index is -0.852. The lowest BCUT2D eigenvalue weighted by Gasteiger charge is -2.35. The summed E-state index contributed by atoms with van der Waals surface area (Å²) in [6.07, 6.45) is 0. The highest BCUT2D eigenvalue weighted by Gasteiger charge is 2.32. The molecular weight excluding hydrogens is 356 g/mol. The molecule has 7 nitrogen and oxygen atoms in total.